The van der Waals surface area contributed by atoms with Gasteiger partial charge in [0.05, 0.1) is 11.2 Å². The summed E-state index contributed by atoms with van der Waals surface area (Å²) in [4.78, 5) is 0. The molecule has 1 aromatic rings. The topological polar surface area (TPSA) is 36.9 Å². The lowest BCUT2D eigenvalue weighted by Gasteiger charge is -2.57. The van der Waals surface area contributed by atoms with Crippen molar-refractivity contribution in [1.82, 2.24) is 0 Å². The van der Waals surface area contributed by atoms with E-state index in [4.69, 9.17) is 18.8 Å². The molecule has 0 amide bonds. The molecule has 0 radical (unpaired) electrons. The van der Waals surface area contributed by atoms with Crippen molar-refractivity contribution in [3.05, 3.63) is 23.5 Å². The van der Waals surface area contributed by atoms with E-state index in [1.165, 1.54) is 25.3 Å². The van der Waals surface area contributed by atoms with E-state index in [9.17, 15) is 0 Å². The van der Waals surface area contributed by atoms with Gasteiger partial charge in [0.25, 0.3) is 0 Å². The third kappa shape index (κ3) is 3.22. The van der Waals surface area contributed by atoms with E-state index < -0.39 is 18.3 Å². The van der Waals surface area contributed by atoms with Crippen LogP contribution >= 0.6 is 0 Å². The molecule has 5 fully saturated rings. The second-order valence-corrected chi connectivity index (χ2v) is 11.2. The quantitative estimate of drug-likeness (QED) is 0.520. The van der Waals surface area contributed by atoms with Gasteiger partial charge in [-0.2, -0.15) is 0 Å². The fourth-order valence-electron chi connectivity index (χ4n) is 6.87. The fraction of sp³-hybridized carbons (Fsp3) is 0.750. The van der Waals surface area contributed by atoms with Gasteiger partial charge < -0.3 is 18.8 Å². The number of hydrogen-bond donors (Lipinski definition) is 0. The van der Waals surface area contributed by atoms with E-state index in [0.29, 0.717) is 11.2 Å². The van der Waals surface area contributed by atoms with Crippen LogP contribution in [0.4, 0.5) is 4.39 Å². The highest BCUT2D eigenvalue weighted by Gasteiger charge is 2.55. The summed E-state index contributed by atoms with van der Waals surface area (Å²) >= 11 is 0. The molecule has 6 heteroatoms. The van der Waals surface area contributed by atoms with Gasteiger partial charge in [0.15, 0.2) is 6.79 Å². The molecule has 6 rings (SSSR count). The normalized spacial score (nSPS) is 35.8. The largest absolute Gasteiger partial charge is 0.498 e. The van der Waals surface area contributed by atoms with Crippen molar-refractivity contribution in [2.24, 2.45) is 17.8 Å². The van der Waals surface area contributed by atoms with Crippen molar-refractivity contribution in [2.45, 2.75) is 82.8 Å². The van der Waals surface area contributed by atoms with Crippen LogP contribution in [-0.2, 0) is 19.5 Å². The van der Waals surface area contributed by atoms with Crippen molar-refractivity contribution in [1.29, 1.82) is 0 Å². The van der Waals surface area contributed by atoms with Crippen LogP contribution in [0, 0.1) is 23.6 Å². The summed E-state index contributed by atoms with van der Waals surface area (Å²) in [5, 5.41) is 0. The van der Waals surface area contributed by atoms with Gasteiger partial charge in [-0.05, 0) is 102 Å². The van der Waals surface area contributed by atoms with E-state index in [1.54, 1.807) is 13.2 Å². The minimum Gasteiger partial charge on any atom is -0.468 e. The maximum atomic E-state index is 15.1. The molecule has 4 aliphatic carbocycles. The fourth-order valence-corrected chi connectivity index (χ4v) is 6.87. The summed E-state index contributed by atoms with van der Waals surface area (Å²) in [6, 6.07) is 3.24. The lowest BCUT2D eigenvalue weighted by Crippen LogP contribution is -2.49. The predicted molar refractivity (Wildman–Crippen MR) is 114 cm³/mol. The van der Waals surface area contributed by atoms with Crippen LogP contribution in [0.15, 0.2) is 12.1 Å². The number of rotatable bonds is 5. The smallest absolute Gasteiger partial charge is 0.468 e. The van der Waals surface area contributed by atoms with Crippen LogP contribution in [0.2, 0.25) is 0 Å². The van der Waals surface area contributed by atoms with E-state index in [2.05, 4.69) is 0 Å². The number of halogens is 1. The van der Waals surface area contributed by atoms with Crippen LogP contribution in [0.25, 0.3) is 0 Å². The van der Waals surface area contributed by atoms with E-state index in [-0.39, 0.29) is 18.0 Å². The monoisotopic (exact) mass is 416 g/mol. The first-order valence-corrected chi connectivity index (χ1v) is 11.4. The molecule has 4 bridgehead atoms. The first kappa shape index (κ1) is 20.8. The van der Waals surface area contributed by atoms with Crippen LogP contribution in [0.5, 0.6) is 5.75 Å². The van der Waals surface area contributed by atoms with Crippen LogP contribution < -0.4 is 10.2 Å². The average molecular weight is 416 g/mol. The van der Waals surface area contributed by atoms with Crippen molar-refractivity contribution < 1.29 is 23.2 Å². The maximum Gasteiger partial charge on any atom is 0.498 e. The molecule has 0 aromatic heterocycles. The summed E-state index contributed by atoms with van der Waals surface area (Å²) in [7, 11) is 0.952. The Hall–Kier alpha value is -1.11. The van der Waals surface area contributed by atoms with Crippen molar-refractivity contribution in [2.75, 3.05) is 13.9 Å². The van der Waals surface area contributed by atoms with Gasteiger partial charge in [-0.1, -0.05) is 0 Å². The van der Waals surface area contributed by atoms with Crippen molar-refractivity contribution in [3.8, 4) is 5.75 Å². The van der Waals surface area contributed by atoms with Gasteiger partial charge in [0, 0.05) is 18.1 Å². The van der Waals surface area contributed by atoms with Crippen LogP contribution in [0.3, 0.4) is 0 Å². The Morgan fingerprint density at radius 3 is 2.00 bits per heavy atom. The average Bonchev–Trinajstić information content (AvgIpc) is 2.86. The summed E-state index contributed by atoms with van der Waals surface area (Å²) in [5.41, 5.74) is 0.658. The van der Waals surface area contributed by atoms with Gasteiger partial charge in [0.1, 0.15) is 11.6 Å². The highest BCUT2D eigenvalue weighted by Crippen LogP contribution is 2.62. The first-order chi connectivity index (χ1) is 14.1. The standard InChI is InChI=1S/C24H34BFO4/c1-22(2)23(3,4)30-25(29-22)20-10-18(26)9-19(21(20)28-14-27-5)24-11-15-6-16(12-24)8-17(7-15)13-24/h9-10,15-17H,6-8,11-14H2,1-5H3. The van der Waals surface area contributed by atoms with Gasteiger partial charge in [-0.25, -0.2) is 4.39 Å². The lowest BCUT2D eigenvalue weighted by molar-refractivity contribution is -0.00886. The molecule has 1 saturated heterocycles. The molecule has 30 heavy (non-hydrogen) atoms. The third-order valence-corrected chi connectivity index (χ3v) is 8.52. The molecule has 4 nitrogen and oxygen atoms in total. The second kappa shape index (κ2) is 6.95. The van der Waals surface area contributed by atoms with Crippen LogP contribution in [0.1, 0.15) is 71.8 Å². The Labute approximate surface area is 179 Å². The van der Waals surface area contributed by atoms with Crippen molar-refractivity contribution in [3.63, 3.8) is 0 Å². The van der Waals surface area contributed by atoms with Gasteiger partial charge >= 0.3 is 7.12 Å². The summed E-state index contributed by atoms with van der Waals surface area (Å²) in [5.74, 6) is 2.74. The van der Waals surface area contributed by atoms with E-state index in [0.717, 1.165) is 42.6 Å². The number of hydrogen-bond acceptors (Lipinski definition) is 4. The Balaban J connectivity index is 1.60. The highest BCUT2D eigenvalue weighted by molar-refractivity contribution is 6.63. The highest BCUT2D eigenvalue weighted by atomic mass is 19.1. The molecule has 1 heterocycles. The molecule has 0 atom stereocenters. The molecular weight excluding hydrogens is 382 g/mol. The van der Waals surface area contributed by atoms with Crippen LogP contribution in [-0.4, -0.2) is 32.2 Å². The molecule has 0 N–H and O–H groups in total. The maximum absolute atomic E-state index is 15.1. The minimum absolute atomic E-state index is 0.00167. The Morgan fingerprint density at radius 2 is 1.50 bits per heavy atom. The first-order valence-electron chi connectivity index (χ1n) is 11.4. The SMILES string of the molecule is COCOc1c(B2OC(C)(C)C(C)(C)O2)cc(F)cc1C12CC3CC(CC(C3)C1)C2. The summed E-state index contributed by atoms with van der Waals surface area (Å²) in [6.07, 6.45) is 7.42. The Bertz CT molecular complexity index is 785. The van der Waals surface area contributed by atoms with E-state index in [1.807, 2.05) is 27.7 Å². The number of benzene rings is 1. The van der Waals surface area contributed by atoms with Gasteiger partial charge in [-0.3, -0.25) is 0 Å². The number of methoxy groups -OCH3 is 1. The second-order valence-electron chi connectivity index (χ2n) is 11.2. The lowest BCUT2D eigenvalue weighted by atomic mass is 9.47. The summed E-state index contributed by atoms with van der Waals surface area (Å²) < 4.78 is 39.0. The number of ether oxygens (including phenoxy) is 2. The van der Waals surface area contributed by atoms with Gasteiger partial charge in [-0.15, -0.1) is 0 Å². The van der Waals surface area contributed by atoms with E-state index >= 15 is 4.39 Å². The minimum atomic E-state index is -0.662. The zero-order chi connectivity index (χ0) is 21.3. The van der Waals surface area contributed by atoms with Crippen molar-refractivity contribution >= 4 is 12.6 Å². The summed E-state index contributed by atoms with van der Waals surface area (Å²) in [6.45, 7) is 8.19. The van der Waals surface area contributed by atoms with Gasteiger partial charge in [0.2, 0.25) is 0 Å². The molecule has 0 unspecified atom stereocenters. The molecule has 1 aliphatic heterocycles. The molecule has 164 valence electrons. The molecule has 4 saturated carbocycles. The Kier molecular flexibility index (Phi) is 4.81. The Morgan fingerprint density at radius 1 is 0.967 bits per heavy atom. The predicted octanol–water partition coefficient (Wildman–Crippen LogP) is 4.58. The zero-order valence-electron chi connectivity index (χ0n) is 18.9. The zero-order valence-corrected chi connectivity index (χ0v) is 18.9. The molecular formula is C24H34BFO4. The molecule has 1 aromatic carbocycles. The molecule has 5 aliphatic rings. The molecule has 0 spiro atoms. The third-order valence-electron chi connectivity index (χ3n) is 8.52.